The molecule has 0 N–H and O–H groups in total. The molecule has 0 unspecified atom stereocenters. The van der Waals surface area contributed by atoms with Crippen molar-refractivity contribution in [3.05, 3.63) is 42.4 Å². The highest BCUT2D eigenvalue weighted by atomic mass is 16.5. The van der Waals surface area contributed by atoms with Gasteiger partial charge in [0, 0.05) is 36.7 Å². The zero-order chi connectivity index (χ0) is 18.6. The molecule has 2 heterocycles. The van der Waals surface area contributed by atoms with E-state index in [1.807, 2.05) is 30.5 Å². The standard InChI is InChI=1S/C22H27N3O2/c1-27-19-8-4-7-18(13-19)21-15-23-14-20(24-21)16-9-11-25(12-10-16)22(26)17-5-2-3-6-17/h4,7-8,13-17H,2-3,5-6,9-12H2,1H3. The topological polar surface area (TPSA) is 55.3 Å². The first-order valence-corrected chi connectivity index (χ1v) is 10.00. The van der Waals surface area contributed by atoms with Crippen LogP contribution in [0.3, 0.4) is 0 Å². The van der Waals surface area contributed by atoms with Crippen molar-refractivity contribution in [2.75, 3.05) is 20.2 Å². The third-order valence-corrected chi connectivity index (χ3v) is 5.95. The minimum atomic E-state index is 0.276. The quantitative estimate of drug-likeness (QED) is 0.820. The second-order valence-corrected chi connectivity index (χ2v) is 7.64. The Morgan fingerprint density at radius 1 is 1.11 bits per heavy atom. The Hall–Kier alpha value is -2.43. The molecule has 2 aliphatic rings. The molecule has 1 aliphatic carbocycles. The van der Waals surface area contributed by atoms with Crippen molar-refractivity contribution in [3.8, 4) is 17.0 Å². The maximum absolute atomic E-state index is 12.6. The van der Waals surface area contributed by atoms with Gasteiger partial charge >= 0.3 is 0 Å². The van der Waals surface area contributed by atoms with Gasteiger partial charge in [-0.2, -0.15) is 0 Å². The zero-order valence-electron chi connectivity index (χ0n) is 15.9. The molecule has 5 nitrogen and oxygen atoms in total. The van der Waals surface area contributed by atoms with Crippen LogP contribution in [-0.2, 0) is 4.79 Å². The predicted molar refractivity (Wildman–Crippen MR) is 105 cm³/mol. The van der Waals surface area contributed by atoms with Crippen molar-refractivity contribution in [1.82, 2.24) is 14.9 Å². The summed E-state index contributed by atoms with van der Waals surface area (Å²) in [5.41, 5.74) is 2.91. The molecule has 0 spiro atoms. The maximum atomic E-state index is 12.6. The van der Waals surface area contributed by atoms with E-state index < -0.39 is 0 Å². The molecule has 1 aliphatic heterocycles. The molecule has 0 radical (unpaired) electrons. The normalized spacial score (nSPS) is 18.6. The molecular weight excluding hydrogens is 338 g/mol. The summed E-state index contributed by atoms with van der Waals surface area (Å²) in [4.78, 5) is 24.0. The van der Waals surface area contributed by atoms with E-state index in [-0.39, 0.29) is 5.92 Å². The average molecular weight is 365 g/mol. The largest absolute Gasteiger partial charge is 0.497 e. The van der Waals surface area contributed by atoms with Crippen LogP contribution in [0.2, 0.25) is 0 Å². The monoisotopic (exact) mass is 365 g/mol. The van der Waals surface area contributed by atoms with Crippen LogP contribution in [0.25, 0.3) is 11.3 Å². The van der Waals surface area contributed by atoms with E-state index in [4.69, 9.17) is 9.72 Å². The number of hydrogen-bond donors (Lipinski definition) is 0. The van der Waals surface area contributed by atoms with E-state index in [9.17, 15) is 4.79 Å². The summed E-state index contributed by atoms with van der Waals surface area (Å²) < 4.78 is 5.31. The molecule has 27 heavy (non-hydrogen) atoms. The third-order valence-electron chi connectivity index (χ3n) is 5.95. The first-order valence-electron chi connectivity index (χ1n) is 10.00. The summed E-state index contributed by atoms with van der Waals surface area (Å²) in [6.07, 6.45) is 10.2. The highest BCUT2D eigenvalue weighted by Gasteiger charge is 2.30. The van der Waals surface area contributed by atoms with E-state index in [1.165, 1.54) is 12.8 Å². The lowest BCUT2D eigenvalue weighted by molar-refractivity contribution is -0.136. The molecule has 1 saturated carbocycles. The number of methoxy groups -OCH3 is 1. The summed E-state index contributed by atoms with van der Waals surface area (Å²) >= 11 is 0. The van der Waals surface area contributed by atoms with Gasteiger partial charge in [0.05, 0.1) is 24.7 Å². The number of aromatic nitrogens is 2. The van der Waals surface area contributed by atoms with Crippen LogP contribution in [0.1, 0.15) is 50.1 Å². The van der Waals surface area contributed by atoms with Crippen molar-refractivity contribution in [2.45, 2.75) is 44.4 Å². The van der Waals surface area contributed by atoms with Crippen molar-refractivity contribution >= 4 is 5.91 Å². The van der Waals surface area contributed by atoms with Crippen LogP contribution in [-0.4, -0.2) is 41.0 Å². The number of hydrogen-bond acceptors (Lipinski definition) is 4. The number of benzene rings is 1. The van der Waals surface area contributed by atoms with Gasteiger partial charge in [-0.25, -0.2) is 4.98 Å². The zero-order valence-corrected chi connectivity index (χ0v) is 15.9. The Morgan fingerprint density at radius 2 is 1.89 bits per heavy atom. The van der Waals surface area contributed by atoms with Gasteiger partial charge in [-0.05, 0) is 37.8 Å². The Kier molecular flexibility index (Phi) is 5.37. The Morgan fingerprint density at radius 3 is 2.63 bits per heavy atom. The predicted octanol–water partition coefficient (Wildman–Crippen LogP) is 4.05. The van der Waals surface area contributed by atoms with Crippen LogP contribution >= 0.6 is 0 Å². The second kappa shape index (κ2) is 8.07. The highest BCUT2D eigenvalue weighted by molar-refractivity contribution is 5.79. The van der Waals surface area contributed by atoms with E-state index >= 15 is 0 Å². The first-order chi connectivity index (χ1) is 13.2. The molecule has 5 heteroatoms. The number of ether oxygens (including phenoxy) is 1. The lowest BCUT2D eigenvalue weighted by atomic mass is 9.92. The summed E-state index contributed by atoms with van der Waals surface area (Å²) in [7, 11) is 1.67. The fourth-order valence-electron chi connectivity index (χ4n) is 4.33. The van der Waals surface area contributed by atoms with Gasteiger partial charge in [-0.1, -0.05) is 25.0 Å². The van der Waals surface area contributed by atoms with Gasteiger partial charge in [-0.15, -0.1) is 0 Å². The van der Waals surface area contributed by atoms with E-state index in [1.54, 1.807) is 13.3 Å². The van der Waals surface area contributed by atoms with Crippen LogP contribution in [0.5, 0.6) is 5.75 Å². The third kappa shape index (κ3) is 3.97. The first kappa shape index (κ1) is 18.0. The van der Waals surface area contributed by atoms with E-state index in [0.29, 0.717) is 11.8 Å². The summed E-state index contributed by atoms with van der Waals surface area (Å²) in [5, 5.41) is 0. The summed E-state index contributed by atoms with van der Waals surface area (Å²) in [5.74, 6) is 1.84. The molecule has 142 valence electrons. The smallest absolute Gasteiger partial charge is 0.225 e. The Balaban J connectivity index is 1.43. The van der Waals surface area contributed by atoms with Crippen molar-refractivity contribution in [1.29, 1.82) is 0 Å². The van der Waals surface area contributed by atoms with Gasteiger partial charge < -0.3 is 9.64 Å². The lowest BCUT2D eigenvalue weighted by Gasteiger charge is -2.33. The Labute approximate surface area is 160 Å². The van der Waals surface area contributed by atoms with Gasteiger partial charge in [0.25, 0.3) is 0 Å². The van der Waals surface area contributed by atoms with E-state index in [0.717, 1.165) is 61.5 Å². The van der Waals surface area contributed by atoms with E-state index in [2.05, 4.69) is 9.88 Å². The number of amides is 1. The fourth-order valence-corrected chi connectivity index (χ4v) is 4.33. The summed E-state index contributed by atoms with van der Waals surface area (Å²) in [6.45, 7) is 1.68. The van der Waals surface area contributed by atoms with Gasteiger partial charge in [-0.3, -0.25) is 9.78 Å². The number of rotatable bonds is 4. The number of carbonyl (C=O) groups is 1. The molecule has 1 saturated heterocycles. The highest BCUT2D eigenvalue weighted by Crippen LogP contribution is 2.32. The molecule has 1 aromatic carbocycles. The SMILES string of the molecule is COc1cccc(-c2cncc(C3CCN(C(=O)C4CCCC4)CC3)n2)c1. The van der Waals surface area contributed by atoms with Gasteiger partial charge in [0.15, 0.2) is 0 Å². The number of piperidine rings is 1. The van der Waals surface area contributed by atoms with Crippen LogP contribution in [0, 0.1) is 5.92 Å². The maximum Gasteiger partial charge on any atom is 0.225 e. The molecule has 1 amide bonds. The molecule has 0 bridgehead atoms. The summed E-state index contributed by atoms with van der Waals surface area (Å²) in [6, 6.07) is 7.91. The molecular formula is C22H27N3O2. The van der Waals surface area contributed by atoms with Crippen molar-refractivity contribution in [3.63, 3.8) is 0 Å². The van der Waals surface area contributed by atoms with Crippen LogP contribution < -0.4 is 4.74 Å². The average Bonchev–Trinajstić information content (AvgIpc) is 3.28. The van der Waals surface area contributed by atoms with Gasteiger partial charge in [0.2, 0.25) is 5.91 Å². The minimum Gasteiger partial charge on any atom is -0.497 e. The molecule has 2 aromatic rings. The number of carbonyl (C=O) groups excluding carboxylic acids is 1. The molecule has 1 aromatic heterocycles. The van der Waals surface area contributed by atoms with Gasteiger partial charge in [0.1, 0.15) is 5.75 Å². The lowest BCUT2D eigenvalue weighted by Crippen LogP contribution is -2.40. The molecule has 0 atom stereocenters. The van der Waals surface area contributed by atoms with Crippen molar-refractivity contribution < 1.29 is 9.53 Å². The second-order valence-electron chi connectivity index (χ2n) is 7.64. The minimum absolute atomic E-state index is 0.276. The fraction of sp³-hybridized carbons (Fsp3) is 0.500. The van der Waals surface area contributed by atoms with Crippen molar-refractivity contribution in [2.24, 2.45) is 5.92 Å². The molecule has 4 rings (SSSR count). The Bertz CT molecular complexity index is 794. The number of likely N-dealkylation sites (tertiary alicyclic amines) is 1. The van der Waals surface area contributed by atoms with Crippen LogP contribution in [0.15, 0.2) is 36.7 Å². The molecule has 2 fully saturated rings. The number of nitrogens with zero attached hydrogens (tertiary/aromatic N) is 3. The van der Waals surface area contributed by atoms with Crippen LogP contribution in [0.4, 0.5) is 0 Å².